The standard InChI is InChI=1S/C35H44N5O6P/c1-6-9-21-44-34(41)24(4)39-47(42,46-29-20-14-16-25-15-10-11-17-26(25)29)45-23-35(5,7-2)40-30(22-43-8-3)38-31-32(40)27-18-12-13-19-28(27)37-33(31)36/h10-20,24H,6-9,21-23H2,1-5H3,(H2,36,37)(H,39,42)/t24-,35+,47?/m0/s1. The molecule has 2 aromatic heterocycles. The number of carbonyl (C=O) groups is 1. The molecule has 0 fully saturated rings. The van der Waals surface area contributed by atoms with E-state index in [4.69, 9.17) is 29.2 Å². The molecule has 3 N–H and O–H groups in total. The normalized spacial score (nSPS) is 15.0. The number of nitrogens with one attached hydrogen (secondary N) is 1. The Hall–Kier alpha value is -4.02. The molecule has 0 aliphatic heterocycles. The molecule has 0 saturated heterocycles. The number of hydrogen-bond donors (Lipinski definition) is 2. The van der Waals surface area contributed by atoms with Gasteiger partial charge in [-0.1, -0.05) is 74.9 Å². The van der Waals surface area contributed by atoms with Gasteiger partial charge in [0.1, 0.15) is 29.7 Å². The summed E-state index contributed by atoms with van der Waals surface area (Å²) in [6.07, 6.45) is 2.16. The predicted molar refractivity (Wildman–Crippen MR) is 185 cm³/mol. The van der Waals surface area contributed by atoms with Crippen molar-refractivity contribution < 1.29 is 27.9 Å². The van der Waals surface area contributed by atoms with Gasteiger partial charge in [0.05, 0.1) is 29.8 Å². The molecular weight excluding hydrogens is 617 g/mol. The lowest BCUT2D eigenvalue weighted by Gasteiger charge is -2.34. The maximum atomic E-state index is 14.7. The number of imidazole rings is 1. The Bertz CT molecular complexity index is 1910. The molecule has 0 spiro atoms. The monoisotopic (exact) mass is 661 g/mol. The first-order valence-corrected chi connectivity index (χ1v) is 17.7. The lowest BCUT2D eigenvalue weighted by molar-refractivity contribution is -0.145. The number of para-hydroxylation sites is 1. The van der Waals surface area contributed by atoms with Crippen LogP contribution in [0.1, 0.15) is 59.7 Å². The van der Waals surface area contributed by atoms with Gasteiger partial charge >= 0.3 is 13.7 Å². The fraction of sp³-hybridized carbons (Fsp3) is 0.400. The van der Waals surface area contributed by atoms with E-state index in [0.29, 0.717) is 35.9 Å². The molecule has 11 nitrogen and oxygen atoms in total. The molecule has 0 aliphatic carbocycles. The van der Waals surface area contributed by atoms with Crippen LogP contribution in [0.15, 0.2) is 66.7 Å². The number of unbranched alkanes of at least 4 members (excludes halogenated alkanes) is 1. The molecule has 0 bridgehead atoms. The Morgan fingerprint density at radius 1 is 1.02 bits per heavy atom. The third-order valence-electron chi connectivity index (χ3n) is 8.29. The van der Waals surface area contributed by atoms with E-state index in [1.54, 1.807) is 13.0 Å². The van der Waals surface area contributed by atoms with E-state index < -0.39 is 25.3 Å². The van der Waals surface area contributed by atoms with Crippen LogP contribution in [-0.4, -0.2) is 46.4 Å². The van der Waals surface area contributed by atoms with Crippen molar-refractivity contribution in [2.45, 2.75) is 72.1 Å². The van der Waals surface area contributed by atoms with E-state index in [-0.39, 0.29) is 19.8 Å². The van der Waals surface area contributed by atoms with E-state index in [2.05, 4.69) is 14.6 Å². The van der Waals surface area contributed by atoms with E-state index in [9.17, 15) is 9.36 Å². The Morgan fingerprint density at radius 3 is 2.49 bits per heavy atom. The first-order valence-electron chi connectivity index (χ1n) is 16.1. The fourth-order valence-corrected chi connectivity index (χ4v) is 7.12. The van der Waals surface area contributed by atoms with Crippen LogP contribution in [-0.2, 0) is 35.5 Å². The summed E-state index contributed by atoms with van der Waals surface area (Å²) >= 11 is 0. The average Bonchev–Trinajstić information content (AvgIpc) is 3.48. The Morgan fingerprint density at radius 2 is 1.74 bits per heavy atom. The van der Waals surface area contributed by atoms with Gasteiger partial charge in [-0.2, -0.15) is 5.09 Å². The fourth-order valence-electron chi connectivity index (χ4n) is 5.49. The van der Waals surface area contributed by atoms with Crippen molar-refractivity contribution in [2.24, 2.45) is 0 Å². The van der Waals surface area contributed by atoms with Gasteiger partial charge in [-0.05, 0) is 51.1 Å². The minimum atomic E-state index is -4.21. The quantitative estimate of drug-likeness (QED) is 0.0620. The van der Waals surface area contributed by atoms with Crippen molar-refractivity contribution in [2.75, 3.05) is 25.6 Å². The van der Waals surface area contributed by atoms with Crippen molar-refractivity contribution in [1.29, 1.82) is 0 Å². The summed E-state index contributed by atoms with van der Waals surface area (Å²) < 4.78 is 40.6. The van der Waals surface area contributed by atoms with E-state index in [1.807, 2.05) is 88.4 Å². The highest BCUT2D eigenvalue weighted by molar-refractivity contribution is 7.52. The minimum absolute atomic E-state index is 0.0721. The first-order chi connectivity index (χ1) is 22.6. The van der Waals surface area contributed by atoms with E-state index in [1.165, 1.54) is 0 Å². The second-order valence-electron chi connectivity index (χ2n) is 11.8. The third kappa shape index (κ3) is 7.44. The molecule has 3 aromatic carbocycles. The van der Waals surface area contributed by atoms with Crippen LogP contribution in [0.2, 0.25) is 0 Å². The van der Waals surface area contributed by atoms with Crippen molar-refractivity contribution in [3.63, 3.8) is 0 Å². The Kier molecular flexibility index (Phi) is 10.8. The molecule has 250 valence electrons. The van der Waals surface area contributed by atoms with Crippen LogP contribution in [0.3, 0.4) is 0 Å². The van der Waals surface area contributed by atoms with Gasteiger partial charge in [0.25, 0.3) is 0 Å². The molecule has 0 saturated carbocycles. The second-order valence-corrected chi connectivity index (χ2v) is 13.5. The minimum Gasteiger partial charge on any atom is -0.465 e. The maximum Gasteiger partial charge on any atom is 0.459 e. The summed E-state index contributed by atoms with van der Waals surface area (Å²) in [6.45, 7) is 10.4. The zero-order valence-corrected chi connectivity index (χ0v) is 28.6. The number of ether oxygens (including phenoxy) is 2. The molecule has 1 unspecified atom stereocenters. The molecule has 0 radical (unpaired) electrons. The number of benzene rings is 3. The number of rotatable bonds is 16. The zero-order valence-electron chi connectivity index (χ0n) is 27.7. The number of pyridine rings is 1. The number of nitrogens with zero attached hydrogens (tertiary/aromatic N) is 3. The number of hydrogen-bond acceptors (Lipinski definition) is 9. The summed E-state index contributed by atoms with van der Waals surface area (Å²) in [6, 6.07) is 19.9. The SMILES string of the molecule is CCCCOC(=O)[C@H](C)NP(=O)(OC[C@@](C)(CC)n1c(COCC)nc2c(N)nc3ccccc3c21)Oc1cccc2ccccc12. The maximum absolute atomic E-state index is 14.7. The average molecular weight is 662 g/mol. The molecule has 2 heterocycles. The first kappa shape index (κ1) is 34.3. The smallest absolute Gasteiger partial charge is 0.459 e. The van der Waals surface area contributed by atoms with Gasteiger partial charge in [0, 0.05) is 17.4 Å². The molecule has 0 aliphatic rings. The lowest BCUT2D eigenvalue weighted by Crippen LogP contribution is -2.39. The van der Waals surface area contributed by atoms with Crippen LogP contribution in [0, 0.1) is 0 Å². The van der Waals surface area contributed by atoms with Crippen LogP contribution < -0.4 is 15.3 Å². The Labute approximate surface area is 275 Å². The van der Waals surface area contributed by atoms with Crippen LogP contribution in [0.5, 0.6) is 5.75 Å². The van der Waals surface area contributed by atoms with Gasteiger partial charge in [0.15, 0.2) is 5.82 Å². The highest BCUT2D eigenvalue weighted by Crippen LogP contribution is 2.48. The summed E-state index contributed by atoms with van der Waals surface area (Å²) in [5.74, 6) is 0.747. The van der Waals surface area contributed by atoms with Crippen molar-refractivity contribution in [1.82, 2.24) is 19.6 Å². The van der Waals surface area contributed by atoms with Gasteiger partial charge in [-0.15, -0.1) is 0 Å². The number of aromatic nitrogens is 3. The van der Waals surface area contributed by atoms with Crippen LogP contribution >= 0.6 is 7.75 Å². The molecule has 5 aromatic rings. The highest BCUT2D eigenvalue weighted by atomic mass is 31.2. The van der Waals surface area contributed by atoms with Gasteiger partial charge < -0.3 is 24.3 Å². The van der Waals surface area contributed by atoms with Gasteiger partial charge in [-0.3, -0.25) is 9.32 Å². The summed E-state index contributed by atoms with van der Waals surface area (Å²) in [5, 5.41) is 5.38. The summed E-state index contributed by atoms with van der Waals surface area (Å²) in [7, 11) is -4.21. The molecule has 5 rings (SSSR count). The van der Waals surface area contributed by atoms with Crippen LogP contribution in [0.4, 0.5) is 5.82 Å². The largest absolute Gasteiger partial charge is 0.465 e. The zero-order chi connectivity index (χ0) is 33.6. The molecule has 12 heteroatoms. The van der Waals surface area contributed by atoms with Crippen molar-refractivity contribution in [3.8, 4) is 5.75 Å². The van der Waals surface area contributed by atoms with Crippen molar-refractivity contribution in [3.05, 3.63) is 72.6 Å². The topological polar surface area (TPSA) is 140 Å². The van der Waals surface area contributed by atoms with Gasteiger partial charge in [0.2, 0.25) is 0 Å². The van der Waals surface area contributed by atoms with Gasteiger partial charge in [-0.25, -0.2) is 14.5 Å². The molecule has 3 atom stereocenters. The van der Waals surface area contributed by atoms with Crippen molar-refractivity contribution >= 4 is 52.2 Å². The highest BCUT2D eigenvalue weighted by Gasteiger charge is 2.38. The number of fused-ring (bicyclic) bond motifs is 4. The summed E-state index contributed by atoms with van der Waals surface area (Å²) in [4.78, 5) is 22.4. The summed E-state index contributed by atoms with van der Waals surface area (Å²) in [5.41, 5.74) is 7.68. The number of nitrogen functional groups attached to an aromatic ring is 1. The van der Waals surface area contributed by atoms with Crippen LogP contribution in [0.25, 0.3) is 32.7 Å². The Balaban J connectivity index is 1.56. The van der Waals surface area contributed by atoms with E-state index >= 15 is 0 Å². The van der Waals surface area contributed by atoms with E-state index in [0.717, 1.165) is 40.0 Å². The predicted octanol–water partition coefficient (Wildman–Crippen LogP) is 7.51. The number of esters is 1. The number of anilines is 1. The molecule has 0 amide bonds. The molecule has 47 heavy (non-hydrogen) atoms. The molecular formula is C35H44N5O6P. The number of nitrogens with two attached hydrogens (primary N) is 1. The lowest BCUT2D eigenvalue weighted by atomic mass is 9.98. The third-order valence-corrected chi connectivity index (χ3v) is 9.90. The number of carbonyl (C=O) groups excluding carboxylic acids is 1. The second kappa shape index (κ2) is 14.8.